The first-order chi connectivity index (χ1) is 16.7. The molecular formula is C27H26ClNO6. The van der Waals surface area contributed by atoms with Crippen molar-refractivity contribution in [3.63, 3.8) is 0 Å². The van der Waals surface area contributed by atoms with Crippen LogP contribution in [0.5, 0.6) is 0 Å². The van der Waals surface area contributed by atoms with Gasteiger partial charge in [0.2, 0.25) is 0 Å². The van der Waals surface area contributed by atoms with Crippen molar-refractivity contribution in [2.24, 2.45) is 0 Å². The highest BCUT2D eigenvalue weighted by atomic mass is 35.5. The second-order valence-electron chi connectivity index (χ2n) is 8.16. The van der Waals surface area contributed by atoms with Crippen molar-refractivity contribution in [1.29, 1.82) is 0 Å². The summed E-state index contributed by atoms with van der Waals surface area (Å²) in [5.41, 5.74) is 1.41. The zero-order valence-electron chi connectivity index (χ0n) is 19.8. The van der Waals surface area contributed by atoms with Crippen LogP contribution in [0.3, 0.4) is 0 Å². The number of aliphatic hydroxyl groups is 1. The Labute approximate surface area is 209 Å². The van der Waals surface area contributed by atoms with Crippen molar-refractivity contribution in [2.75, 3.05) is 13.2 Å². The summed E-state index contributed by atoms with van der Waals surface area (Å²) < 4.78 is 11.2. The van der Waals surface area contributed by atoms with Crippen LogP contribution in [0, 0.1) is 12.3 Å². The van der Waals surface area contributed by atoms with Gasteiger partial charge in [0.1, 0.15) is 11.5 Å². The third kappa shape index (κ3) is 5.73. The first-order valence-corrected chi connectivity index (χ1v) is 11.6. The molecule has 1 unspecified atom stereocenters. The van der Waals surface area contributed by atoms with E-state index in [1.807, 2.05) is 6.92 Å². The van der Waals surface area contributed by atoms with Gasteiger partial charge < -0.3 is 14.3 Å². The van der Waals surface area contributed by atoms with Crippen LogP contribution in [-0.4, -0.2) is 47.0 Å². The van der Waals surface area contributed by atoms with E-state index in [1.54, 1.807) is 37.3 Å². The lowest BCUT2D eigenvalue weighted by Gasteiger charge is -2.28. The molecule has 1 aromatic heterocycles. The number of aliphatic hydroxyl groups excluding tert-OH is 1. The molecule has 1 atom stereocenters. The van der Waals surface area contributed by atoms with Crippen LogP contribution in [0.1, 0.15) is 49.7 Å². The van der Waals surface area contributed by atoms with E-state index in [0.717, 1.165) is 17.7 Å². The van der Waals surface area contributed by atoms with E-state index in [4.69, 9.17) is 27.2 Å². The van der Waals surface area contributed by atoms with Crippen LogP contribution >= 0.6 is 11.6 Å². The normalized spacial score (nSPS) is 16.0. The van der Waals surface area contributed by atoms with Gasteiger partial charge in [-0.1, -0.05) is 30.9 Å². The van der Waals surface area contributed by atoms with E-state index in [-0.39, 0.29) is 28.3 Å². The Hall–Kier alpha value is -3.60. The van der Waals surface area contributed by atoms with E-state index in [2.05, 4.69) is 5.92 Å². The summed E-state index contributed by atoms with van der Waals surface area (Å²) in [6.07, 6.45) is 7.76. The monoisotopic (exact) mass is 495 g/mol. The van der Waals surface area contributed by atoms with Crippen LogP contribution in [-0.2, 0) is 14.3 Å². The standard InChI is InChI=1S/C27H26ClNO6/c1-5-7-12-34-27(33)22-13-18(8-10-23(22)28)24-11-9-19(35-24)14-21-17(4)20(6-2)25(31)29(26(21)32)15-16(3)30/h2,8-11,13-14,16,30H,5,7,12,15H2,1,3-4H3/b21-14+. The number of halogens is 1. The number of hydrogen-bond donors (Lipinski definition) is 1. The predicted octanol–water partition coefficient (Wildman–Crippen LogP) is 4.64. The number of furan rings is 1. The molecule has 2 aromatic rings. The molecule has 8 heteroatoms. The van der Waals surface area contributed by atoms with Crippen molar-refractivity contribution in [2.45, 2.75) is 39.7 Å². The van der Waals surface area contributed by atoms with E-state index in [1.165, 1.54) is 13.0 Å². The summed E-state index contributed by atoms with van der Waals surface area (Å²) in [5, 5.41) is 9.98. The van der Waals surface area contributed by atoms with Crippen molar-refractivity contribution >= 4 is 35.5 Å². The van der Waals surface area contributed by atoms with Gasteiger partial charge in [0.25, 0.3) is 11.8 Å². The Morgan fingerprint density at radius 3 is 2.69 bits per heavy atom. The summed E-state index contributed by atoms with van der Waals surface area (Å²) >= 11 is 6.20. The van der Waals surface area contributed by atoms with Crippen LogP contribution in [0.15, 0.2) is 51.5 Å². The number of terminal acetylenes is 1. The minimum atomic E-state index is -0.912. The fourth-order valence-corrected chi connectivity index (χ4v) is 3.74. The minimum Gasteiger partial charge on any atom is -0.462 e. The third-order valence-electron chi connectivity index (χ3n) is 5.42. The fraction of sp³-hybridized carbons (Fsp3) is 0.296. The number of nitrogens with zero attached hydrogens (tertiary/aromatic N) is 1. The number of amides is 2. The second-order valence-corrected chi connectivity index (χ2v) is 8.57. The maximum atomic E-state index is 13.0. The average Bonchev–Trinajstić information content (AvgIpc) is 3.29. The minimum absolute atomic E-state index is 0.0483. The van der Waals surface area contributed by atoms with Gasteiger partial charge in [-0.15, -0.1) is 6.42 Å². The van der Waals surface area contributed by atoms with Crippen molar-refractivity contribution < 1.29 is 28.6 Å². The molecule has 7 nitrogen and oxygen atoms in total. The maximum absolute atomic E-state index is 13.0. The molecule has 0 saturated heterocycles. The highest BCUT2D eigenvalue weighted by molar-refractivity contribution is 6.33. The summed E-state index contributed by atoms with van der Waals surface area (Å²) in [4.78, 5) is 38.9. The number of benzene rings is 1. The molecule has 0 spiro atoms. The van der Waals surface area contributed by atoms with Gasteiger partial charge >= 0.3 is 5.97 Å². The predicted molar refractivity (Wildman–Crippen MR) is 132 cm³/mol. The van der Waals surface area contributed by atoms with Crippen LogP contribution in [0.4, 0.5) is 0 Å². The van der Waals surface area contributed by atoms with E-state index < -0.39 is 23.9 Å². The summed E-state index contributed by atoms with van der Waals surface area (Å²) in [6.45, 7) is 5.20. The highest BCUT2D eigenvalue weighted by Gasteiger charge is 2.35. The first kappa shape index (κ1) is 26.0. The average molecular weight is 496 g/mol. The Bertz CT molecular complexity index is 1260. The van der Waals surface area contributed by atoms with Gasteiger partial charge in [-0.3, -0.25) is 14.5 Å². The van der Waals surface area contributed by atoms with Crippen molar-refractivity contribution in [3.05, 3.63) is 63.4 Å². The molecule has 3 rings (SSSR count). The van der Waals surface area contributed by atoms with Gasteiger partial charge in [0.15, 0.2) is 0 Å². The number of carbonyl (C=O) groups excluding carboxylic acids is 3. The number of rotatable bonds is 8. The Morgan fingerprint density at radius 2 is 2.03 bits per heavy atom. The zero-order valence-corrected chi connectivity index (χ0v) is 20.5. The molecular weight excluding hydrogens is 470 g/mol. The lowest BCUT2D eigenvalue weighted by Crippen LogP contribution is -2.45. The summed E-state index contributed by atoms with van der Waals surface area (Å²) in [5.74, 6) is 1.41. The molecule has 2 heterocycles. The molecule has 0 saturated carbocycles. The van der Waals surface area contributed by atoms with Gasteiger partial charge in [0, 0.05) is 11.1 Å². The number of carbonyl (C=O) groups is 3. The number of ether oxygens (including phenoxy) is 1. The summed E-state index contributed by atoms with van der Waals surface area (Å²) in [7, 11) is 0. The lowest BCUT2D eigenvalue weighted by molar-refractivity contribution is -0.141. The number of imide groups is 1. The van der Waals surface area contributed by atoms with Gasteiger partial charge in [-0.05, 0) is 62.2 Å². The Kier molecular flexibility index (Phi) is 8.34. The van der Waals surface area contributed by atoms with Crippen LogP contribution < -0.4 is 0 Å². The van der Waals surface area contributed by atoms with E-state index >= 15 is 0 Å². The Balaban J connectivity index is 1.94. The highest BCUT2D eigenvalue weighted by Crippen LogP contribution is 2.31. The molecule has 35 heavy (non-hydrogen) atoms. The third-order valence-corrected chi connectivity index (χ3v) is 5.75. The van der Waals surface area contributed by atoms with Gasteiger partial charge in [-0.25, -0.2) is 4.79 Å². The topological polar surface area (TPSA) is 97.1 Å². The summed E-state index contributed by atoms with van der Waals surface area (Å²) in [6, 6.07) is 8.22. The van der Waals surface area contributed by atoms with Gasteiger partial charge in [0.05, 0.1) is 35.4 Å². The molecule has 0 fully saturated rings. The number of unbranched alkanes of at least 4 members (excludes halogenated alkanes) is 1. The number of hydrogen-bond acceptors (Lipinski definition) is 6. The second kappa shape index (κ2) is 11.2. The molecule has 1 aliphatic heterocycles. The molecule has 0 bridgehead atoms. The molecule has 1 N–H and O–H groups in total. The number of esters is 1. The maximum Gasteiger partial charge on any atom is 0.339 e. The number of β-amino-alcohol motifs (C(OH)–C–C–N with tert-alkyl or cyclic N) is 1. The van der Waals surface area contributed by atoms with Crippen molar-refractivity contribution in [3.8, 4) is 23.7 Å². The van der Waals surface area contributed by atoms with Gasteiger partial charge in [-0.2, -0.15) is 0 Å². The molecule has 1 aliphatic rings. The lowest BCUT2D eigenvalue weighted by atomic mass is 9.94. The fourth-order valence-electron chi connectivity index (χ4n) is 3.55. The largest absolute Gasteiger partial charge is 0.462 e. The van der Waals surface area contributed by atoms with E-state index in [9.17, 15) is 19.5 Å². The Morgan fingerprint density at radius 1 is 1.29 bits per heavy atom. The van der Waals surface area contributed by atoms with Crippen LogP contribution in [0.2, 0.25) is 5.02 Å². The van der Waals surface area contributed by atoms with E-state index in [0.29, 0.717) is 29.3 Å². The first-order valence-electron chi connectivity index (χ1n) is 11.2. The molecule has 2 amide bonds. The van der Waals surface area contributed by atoms with Crippen LogP contribution in [0.25, 0.3) is 17.4 Å². The zero-order chi connectivity index (χ0) is 25.7. The molecule has 1 aromatic carbocycles. The smallest absolute Gasteiger partial charge is 0.339 e. The molecule has 182 valence electrons. The molecule has 0 aliphatic carbocycles. The molecule has 0 radical (unpaired) electrons. The quantitative estimate of drug-likeness (QED) is 0.188. The van der Waals surface area contributed by atoms with Crippen molar-refractivity contribution in [1.82, 2.24) is 4.90 Å². The SMILES string of the molecule is C#CC1=C(C)/C(=C\c2ccc(-c3ccc(Cl)c(C(=O)OCCCC)c3)o2)C(=O)N(CC(C)O)C1=O.